The molecule has 1 saturated heterocycles. The summed E-state index contributed by atoms with van der Waals surface area (Å²) in [6, 6.07) is 1.36. The van der Waals surface area contributed by atoms with Gasteiger partial charge in [0.25, 0.3) is 0 Å². The number of ketones is 1. The fourth-order valence-corrected chi connectivity index (χ4v) is 2.54. The Morgan fingerprint density at radius 3 is 2.71 bits per heavy atom. The van der Waals surface area contributed by atoms with Gasteiger partial charge in [0, 0.05) is 6.07 Å². The average molecular weight is 294 g/mol. The van der Waals surface area contributed by atoms with Gasteiger partial charge in [-0.2, -0.15) is 0 Å². The minimum atomic E-state index is -0.566. The van der Waals surface area contributed by atoms with Crippen molar-refractivity contribution in [2.75, 3.05) is 26.2 Å². The predicted molar refractivity (Wildman–Crippen MR) is 76.2 cm³/mol. The van der Waals surface area contributed by atoms with E-state index in [9.17, 15) is 9.59 Å². The second-order valence-corrected chi connectivity index (χ2v) is 5.35. The summed E-state index contributed by atoms with van der Waals surface area (Å²) in [6.45, 7) is 6.36. The number of hydrogen-bond donors (Lipinski definition) is 0. The number of piperidine rings is 1. The Morgan fingerprint density at radius 2 is 2.10 bits per heavy atom. The number of Topliss-reactive ketones (excluding diaryl/α,β-unsaturated/α-hetero) is 1. The van der Waals surface area contributed by atoms with Crippen LogP contribution in [0.3, 0.4) is 0 Å². The third-order valence-electron chi connectivity index (χ3n) is 3.92. The second-order valence-electron chi connectivity index (χ2n) is 5.35. The van der Waals surface area contributed by atoms with E-state index < -0.39 is 5.97 Å². The number of aromatic nitrogens is 1. The zero-order valence-electron chi connectivity index (χ0n) is 12.6. The molecule has 1 fully saturated rings. The molecule has 0 N–H and O–H groups in total. The topological polar surface area (TPSA) is 72.6 Å². The van der Waals surface area contributed by atoms with E-state index in [1.807, 2.05) is 0 Å². The number of ether oxygens (including phenoxy) is 1. The molecule has 1 aromatic heterocycles. The minimum absolute atomic E-state index is 0.0462. The third kappa shape index (κ3) is 4.14. The Bertz CT molecular complexity index is 490. The third-order valence-corrected chi connectivity index (χ3v) is 3.92. The maximum Gasteiger partial charge on any atom is 0.360 e. The van der Waals surface area contributed by atoms with E-state index in [1.165, 1.54) is 12.5 Å². The van der Waals surface area contributed by atoms with Crippen molar-refractivity contribution in [2.24, 2.45) is 5.92 Å². The van der Waals surface area contributed by atoms with Crippen molar-refractivity contribution in [3.05, 3.63) is 17.5 Å². The summed E-state index contributed by atoms with van der Waals surface area (Å²) in [5.74, 6) is 0.185. The molecular formula is C15H22N2O4. The van der Waals surface area contributed by atoms with Crippen molar-refractivity contribution < 1.29 is 18.8 Å². The van der Waals surface area contributed by atoms with Gasteiger partial charge in [-0.05, 0) is 38.8 Å². The highest BCUT2D eigenvalue weighted by Crippen LogP contribution is 2.20. The molecule has 116 valence electrons. The van der Waals surface area contributed by atoms with E-state index in [4.69, 9.17) is 9.26 Å². The van der Waals surface area contributed by atoms with Crippen molar-refractivity contribution in [3.8, 4) is 0 Å². The van der Waals surface area contributed by atoms with Crippen molar-refractivity contribution in [1.29, 1.82) is 0 Å². The molecule has 0 aromatic carbocycles. The standard InChI is InChI=1S/C15H22N2O4/c1-3-11-5-7-17(8-6-11)10-13(18)14-9-12(16-21-14)15(19)20-4-2/h9,11H,3-8,10H2,1-2H3. The van der Waals surface area contributed by atoms with Gasteiger partial charge in [-0.25, -0.2) is 4.79 Å². The van der Waals surface area contributed by atoms with Gasteiger partial charge in [0.2, 0.25) is 11.5 Å². The summed E-state index contributed by atoms with van der Waals surface area (Å²) in [6.07, 6.45) is 3.47. The average Bonchev–Trinajstić information content (AvgIpc) is 2.98. The van der Waals surface area contributed by atoms with Crippen LogP contribution >= 0.6 is 0 Å². The molecule has 0 atom stereocenters. The Morgan fingerprint density at radius 1 is 1.38 bits per heavy atom. The molecule has 21 heavy (non-hydrogen) atoms. The van der Waals surface area contributed by atoms with Crippen LogP contribution < -0.4 is 0 Å². The molecule has 2 rings (SSSR count). The van der Waals surface area contributed by atoms with Gasteiger partial charge in [0.05, 0.1) is 13.2 Å². The largest absolute Gasteiger partial charge is 0.461 e. The van der Waals surface area contributed by atoms with Gasteiger partial charge in [-0.15, -0.1) is 0 Å². The monoisotopic (exact) mass is 294 g/mol. The molecule has 1 aliphatic rings. The fraction of sp³-hybridized carbons (Fsp3) is 0.667. The summed E-state index contributed by atoms with van der Waals surface area (Å²) in [5, 5.41) is 3.59. The Balaban J connectivity index is 1.88. The molecule has 1 aromatic rings. The Hall–Kier alpha value is -1.69. The van der Waals surface area contributed by atoms with Gasteiger partial charge >= 0.3 is 5.97 Å². The van der Waals surface area contributed by atoms with E-state index in [0.717, 1.165) is 31.8 Å². The molecule has 0 radical (unpaired) electrons. The molecule has 0 spiro atoms. The summed E-state index contributed by atoms with van der Waals surface area (Å²) in [4.78, 5) is 25.7. The highest BCUT2D eigenvalue weighted by atomic mass is 16.5. The predicted octanol–water partition coefficient (Wildman–Crippen LogP) is 2.16. The fourth-order valence-electron chi connectivity index (χ4n) is 2.54. The number of likely N-dealkylation sites (tertiary alicyclic amines) is 1. The lowest BCUT2D eigenvalue weighted by Gasteiger charge is -2.30. The van der Waals surface area contributed by atoms with Crippen LogP contribution in [-0.4, -0.2) is 48.1 Å². The smallest absolute Gasteiger partial charge is 0.360 e. The van der Waals surface area contributed by atoms with Crippen LogP contribution in [0.4, 0.5) is 0 Å². The van der Waals surface area contributed by atoms with E-state index >= 15 is 0 Å². The zero-order valence-corrected chi connectivity index (χ0v) is 12.6. The lowest BCUT2D eigenvalue weighted by molar-refractivity contribution is 0.0514. The van der Waals surface area contributed by atoms with E-state index in [0.29, 0.717) is 6.54 Å². The number of carbonyl (C=O) groups excluding carboxylic acids is 2. The van der Waals surface area contributed by atoms with Crippen molar-refractivity contribution in [3.63, 3.8) is 0 Å². The molecule has 6 nitrogen and oxygen atoms in total. The lowest BCUT2D eigenvalue weighted by Crippen LogP contribution is -2.37. The highest BCUT2D eigenvalue weighted by Gasteiger charge is 2.23. The summed E-state index contributed by atoms with van der Waals surface area (Å²) >= 11 is 0. The van der Waals surface area contributed by atoms with E-state index in [-0.39, 0.29) is 23.8 Å². The Labute approximate surface area is 124 Å². The minimum Gasteiger partial charge on any atom is -0.461 e. The number of carbonyl (C=O) groups is 2. The quantitative estimate of drug-likeness (QED) is 0.591. The lowest BCUT2D eigenvalue weighted by atomic mass is 9.94. The molecule has 1 aliphatic heterocycles. The summed E-state index contributed by atoms with van der Waals surface area (Å²) in [7, 11) is 0. The SMILES string of the molecule is CCOC(=O)c1cc(C(=O)CN2CCC(CC)CC2)on1. The molecule has 0 unspecified atom stereocenters. The van der Waals surface area contributed by atoms with Crippen LogP contribution in [-0.2, 0) is 4.74 Å². The van der Waals surface area contributed by atoms with Crippen molar-refractivity contribution in [2.45, 2.75) is 33.1 Å². The number of rotatable bonds is 6. The molecule has 2 heterocycles. The molecular weight excluding hydrogens is 272 g/mol. The van der Waals surface area contributed by atoms with Crippen LogP contribution in [0.5, 0.6) is 0 Å². The maximum absolute atomic E-state index is 12.1. The first-order chi connectivity index (χ1) is 10.1. The van der Waals surface area contributed by atoms with Crippen LogP contribution in [0.15, 0.2) is 10.6 Å². The molecule has 6 heteroatoms. The zero-order chi connectivity index (χ0) is 15.2. The van der Waals surface area contributed by atoms with E-state index in [1.54, 1.807) is 6.92 Å². The highest BCUT2D eigenvalue weighted by molar-refractivity contribution is 5.97. The number of hydrogen-bond acceptors (Lipinski definition) is 6. The maximum atomic E-state index is 12.1. The summed E-state index contributed by atoms with van der Waals surface area (Å²) in [5.41, 5.74) is 0.0462. The van der Waals surface area contributed by atoms with Gasteiger partial charge in [0.15, 0.2) is 5.69 Å². The molecule has 0 bridgehead atoms. The number of esters is 1. The first-order valence-electron chi connectivity index (χ1n) is 7.53. The van der Waals surface area contributed by atoms with Gasteiger partial charge < -0.3 is 9.26 Å². The second kappa shape index (κ2) is 7.36. The first-order valence-corrected chi connectivity index (χ1v) is 7.53. The normalized spacial score (nSPS) is 16.9. The van der Waals surface area contributed by atoms with Crippen LogP contribution in [0, 0.1) is 5.92 Å². The van der Waals surface area contributed by atoms with Gasteiger partial charge in [-0.3, -0.25) is 9.69 Å². The van der Waals surface area contributed by atoms with Crippen molar-refractivity contribution >= 4 is 11.8 Å². The molecule has 0 amide bonds. The molecule has 0 saturated carbocycles. The van der Waals surface area contributed by atoms with Crippen LogP contribution in [0.25, 0.3) is 0 Å². The first kappa shape index (κ1) is 15.7. The van der Waals surface area contributed by atoms with Crippen molar-refractivity contribution in [1.82, 2.24) is 10.1 Å². The van der Waals surface area contributed by atoms with Crippen LogP contribution in [0.2, 0.25) is 0 Å². The molecule has 0 aliphatic carbocycles. The van der Waals surface area contributed by atoms with E-state index in [2.05, 4.69) is 17.0 Å². The van der Waals surface area contributed by atoms with Gasteiger partial charge in [-0.1, -0.05) is 18.5 Å². The number of nitrogens with zero attached hydrogens (tertiary/aromatic N) is 2. The summed E-state index contributed by atoms with van der Waals surface area (Å²) < 4.78 is 9.76. The van der Waals surface area contributed by atoms with Crippen LogP contribution in [0.1, 0.15) is 54.2 Å². The van der Waals surface area contributed by atoms with Gasteiger partial charge in [0.1, 0.15) is 0 Å². The Kier molecular flexibility index (Phi) is 5.50.